The minimum atomic E-state index is -0.980. The van der Waals surface area contributed by atoms with Crippen molar-refractivity contribution in [3.63, 3.8) is 0 Å². The Morgan fingerprint density at radius 2 is 1.79 bits per heavy atom. The number of carbonyl (C=O) groups is 1. The van der Waals surface area contributed by atoms with Gasteiger partial charge in [-0.1, -0.05) is 29.8 Å². The molecular weight excluding hydrogens is 392 g/mol. The van der Waals surface area contributed by atoms with E-state index >= 15 is 0 Å². The van der Waals surface area contributed by atoms with Crippen LogP contribution in [0, 0.1) is 11.6 Å². The highest BCUT2D eigenvalue weighted by molar-refractivity contribution is 6.30. The first kappa shape index (κ1) is 17.8. The zero-order valence-corrected chi connectivity index (χ0v) is 14.7. The lowest BCUT2D eigenvalue weighted by Gasteiger charge is -2.08. The molecule has 0 unspecified atom stereocenters. The highest BCUT2D eigenvalue weighted by Gasteiger charge is 2.23. The van der Waals surface area contributed by atoms with E-state index in [0.717, 1.165) is 18.2 Å². The van der Waals surface area contributed by atoms with Gasteiger partial charge in [-0.25, -0.2) is 28.1 Å². The van der Waals surface area contributed by atoms with E-state index in [0.29, 0.717) is 15.2 Å². The lowest BCUT2D eigenvalue weighted by Crippen LogP contribution is -2.17. The van der Waals surface area contributed by atoms with Gasteiger partial charge in [0, 0.05) is 10.6 Å². The van der Waals surface area contributed by atoms with Crippen LogP contribution in [-0.2, 0) is 0 Å². The summed E-state index contributed by atoms with van der Waals surface area (Å²) in [6.45, 7) is 0. The Morgan fingerprint density at radius 1 is 1.11 bits per heavy atom. The van der Waals surface area contributed by atoms with Crippen molar-refractivity contribution < 1.29 is 13.6 Å². The van der Waals surface area contributed by atoms with E-state index in [4.69, 9.17) is 17.3 Å². The first-order chi connectivity index (χ1) is 13.4. The fraction of sp³-hybridized carbons (Fsp3) is 0. The molecule has 0 bridgehead atoms. The van der Waals surface area contributed by atoms with Gasteiger partial charge in [-0.2, -0.15) is 0 Å². The van der Waals surface area contributed by atoms with Crippen LogP contribution < -0.4 is 11.4 Å². The summed E-state index contributed by atoms with van der Waals surface area (Å²) in [6.07, 6.45) is 0. The average molecular weight is 402 g/mol. The summed E-state index contributed by atoms with van der Waals surface area (Å²) in [4.78, 5) is 35.0. The minimum absolute atomic E-state index is 0.00768. The largest absolute Gasteiger partial charge is 0.364 e. The van der Waals surface area contributed by atoms with E-state index < -0.39 is 28.9 Å². The Bertz CT molecular complexity index is 1300. The number of hydrogen-bond acceptors (Lipinski definition) is 4. The maximum Gasteiger partial charge on any atom is 0.332 e. The minimum Gasteiger partial charge on any atom is -0.364 e. The van der Waals surface area contributed by atoms with E-state index in [1.54, 1.807) is 18.2 Å². The summed E-state index contributed by atoms with van der Waals surface area (Å²) in [5, 5.41) is 0.383. The second kappa shape index (κ2) is 6.54. The number of rotatable bonds is 3. The molecule has 4 aromatic rings. The predicted octanol–water partition coefficient (Wildman–Crippen LogP) is 2.81. The van der Waals surface area contributed by atoms with E-state index in [1.165, 1.54) is 6.07 Å². The van der Waals surface area contributed by atoms with Crippen LogP contribution in [0.2, 0.25) is 5.02 Å². The van der Waals surface area contributed by atoms with Gasteiger partial charge in [-0.15, -0.1) is 0 Å². The Balaban J connectivity index is 2.12. The van der Waals surface area contributed by atoms with Gasteiger partial charge in [-0.05, 0) is 24.3 Å². The third-order valence-corrected chi connectivity index (χ3v) is 4.25. The normalized spacial score (nSPS) is 11.1. The van der Waals surface area contributed by atoms with Gasteiger partial charge in [0.05, 0.1) is 0 Å². The third kappa shape index (κ3) is 2.81. The highest BCUT2D eigenvalue weighted by Crippen LogP contribution is 2.25. The second-order valence-corrected chi connectivity index (χ2v) is 6.24. The van der Waals surface area contributed by atoms with Crippen LogP contribution in [0.5, 0.6) is 0 Å². The van der Waals surface area contributed by atoms with Crippen LogP contribution in [0.4, 0.5) is 8.78 Å². The maximum atomic E-state index is 14.3. The number of imidazole rings is 1. The summed E-state index contributed by atoms with van der Waals surface area (Å²) in [5.74, 6) is -2.90. The molecule has 0 radical (unpaired) electrons. The molecule has 7 nitrogen and oxygen atoms in total. The van der Waals surface area contributed by atoms with Crippen molar-refractivity contribution in [3.8, 4) is 17.1 Å². The number of nitrogens with two attached hydrogens (primary N) is 1. The van der Waals surface area contributed by atoms with Gasteiger partial charge in [0.15, 0.2) is 17.2 Å². The summed E-state index contributed by atoms with van der Waals surface area (Å²) >= 11 is 5.98. The molecule has 3 N–H and O–H groups in total. The Labute approximate surface area is 160 Å². The van der Waals surface area contributed by atoms with Gasteiger partial charge in [0.2, 0.25) is 0 Å². The average Bonchev–Trinajstić information content (AvgIpc) is 2.96. The zero-order chi connectivity index (χ0) is 20.0. The molecule has 0 saturated carbocycles. The molecule has 4 rings (SSSR count). The number of aromatic amines is 1. The van der Waals surface area contributed by atoms with Gasteiger partial charge in [0.1, 0.15) is 22.8 Å². The molecule has 140 valence electrons. The van der Waals surface area contributed by atoms with Crippen LogP contribution in [0.15, 0.2) is 47.3 Å². The predicted molar refractivity (Wildman–Crippen MR) is 98.4 cm³/mol. The molecule has 0 saturated heterocycles. The number of nitrogens with zero attached hydrogens (tertiary/aromatic N) is 3. The van der Waals surface area contributed by atoms with Gasteiger partial charge < -0.3 is 10.7 Å². The van der Waals surface area contributed by atoms with Crippen molar-refractivity contribution >= 4 is 28.7 Å². The molecule has 0 aliphatic rings. The molecule has 0 aliphatic heterocycles. The van der Waals surface area contributed by atoms with Crippen LogP contribution in [0.1, 0.15) is 10.5 Å². The second-order valence-electron chi connectivity index (χ2n) is 5.80. The lowest BCUT2D eigenvalue weighted by molar-refractivity contribution is 0.0997. The highest BCUT2D eigenvalue weighted by atomic mass is 35.5. The maximum absolute atomic E-state index is 14.3. The van der Waals surface area contributed by atoms with E-state index in [9.17, 15) is 18.4 Å². The fourth-order valence-electron chi connectivity index (χ4n) is 2.83. The fourth-order valence-corrected chi connectivity index (χ4v) is 3.02. The van der Waals surface area contributed by atoms with Crippen molar-refractivity contribution in [2.24, 2.45) is 5.73 Å². The molecule has 28 heavy (non-hydrogen) atoms. The number of fused-ring (bicyclic) bond motifs is 1. The molecule has 0 atom stereocenters. The van der Waals surface area contributed by atoms with Gasteiger partial charge in [0.25, 0.3) is 5.91 Å². The molecule has 2 heterocycles. The molecule has 10 heteroatoms. The van der Waals surface area contributed by atoms with Gasteiger partial charge in [-0.3, -0.25) is 4.79 Å². The van der Waals surface area contributed by atoms with E-state index in [2.05, 4.69) is 15.0 Å². The number of primary amides is 1. The zero-order valence-electron chi connectivity index (χ0n) is 13.9. The molecule has 0 spiro atoms. The number of carbonyl (C=O) groups excluding carboxylic acids is 1. The van der Waals surface area contributed by atoms with Gasteiger partial charge >= 0.3 is 5.69 Å². The number of halogens is 3. The summed E-state index contributed by atoms with van der Waals surface area (Å²) in [5.41, 5.74) is 3.63. The molecule has 2 aromatic carbocycles. The van der Waals surface area contributed by atoms with Crippen LogP contribution in [0.25, 0.3) is 28.2 Å². The number of nitrogens with one attached hydrogen (secondary N) is 1. The Kier molecular flexibility index (Phi) is 4.16. The van der Waals surface area contributed by atoms with Crippen LogP contribution in [0.3, 0.4) is 0 Å². The molecule has 2 aromatic heterocycles. The van der Waals surface area contributed by atoms with E-state index in [1.807, 2.05) is 0 Å². The van der Waals surface area contributed by atoms with Crippen LogP contribution in [-0.4, -0.2) is 25.4 Å². The van der Waals surface area contributed by atoms with Crippen molar-refractivity contribution in [1.82, 2.24) is 19.5 Å². The number of benzene rings is 2. The molecular formula is C18H10ClF2N5O2. The standard InChI is InChI=1S/C18H10ClF2N5O2/c19-9-4-1-3-8(7-9)16-23-12(15(22)27)13-17(25-16)26(18(28)24-13)14-10(20)5-2-6-11(14)21/h1-7H,(H2,22,27)(H,24,28). The summed E-state index contributed by atoms with van der Waals surface area (Å²) in [7, 11) is 0. The lowest BCUT2D eigenvalue weighted by atomic mass is 10.2. The third-order valence-electron chi connectivity index (χ3n) is 4.01. The van der Waals surface area contributed by atoms with Crippen molar-refractivity contribution in [2.75, 3.05) is 0 Å². The van der Waals surface area contributed by atoms with Crippen molar-refractivity contribution in [2.45, 2.75) is 0 Å². The molecule has 1 amide bonds. The number of H-pyrrole nitrogens is 1. The summed E-state index contributed by atoms with van der Waals surface area (Å²) < 4.78 is 29.3. The van der Waals surface area contributed by atoms with Crippen LogP contribution >= 0.6 is 11.6 Å². The quantitative estimate of drug-likeness (QED) is 0.550. The number of para-hydroxylation sites is 1. The SMILES string of the molecule is NC(=O)c1nc(-c2cccc(Cl)c2)nc2c1[nH]c(=O)n2-c1c(F)cccc1F. The number of aromatic nitrogens is 4. The topological polar surface area (TPSA) is 107 Å². The Hall–Kier alpha value is -3.59. The monoisotopic (exact) mass is 401 g/mol. The first-order valence-corrected chi connectivity index (χ1v) is 8.27. The number of amides is 1. The van der Waals surface area contributed by atoms with Crippen molar-refractivity contribution in [1.29, 1.82) is 0 Å². The van der Waals surface area contributed by atoms with Crippen molar-refractivity contribution in [3.05, 3.63) is 75.3 Å². The molecule has 0 fully saturated rings. The summed E-state index contributed by atoms with van der Waals surface area (Å²) in [6, 6.07) is 9.57. The number of hydrogen-bond donors (Lipinski definition) is 2. The Morgan fingerprint density at radius 3 is 2.43 bits per heavy atom. The molecule has 0 aliphatic carbocycles. The van der Waals surface area contributed by atoms with E-state index in [-0.39, 0.29) is 22.7 Å². The first-order valence-electron chi connectivity index (χ1n) is 7.89. The smallest absolute Gasteiger partial charge is 0.332 e.